The maximum Gasteiger partial charge on any atom is 0.188 e. The zero-order chi connectivity index (χ0) is 16.6. The summed E-state index contributed by atoms with van der Waals surface area (Å²) in [4.78, 5) is 4.66. The lowest BCUT2D eigenvalue weighted by molar-refractivity contribution is 0.225. The normalized spacial score (nSPS) is 22.5. The minimum absolute atomic E-state index is 0.0181. The van der Waals surface area contributed by atoms with Crippen molar-refractivity contribution < 1.29 is 0 Å². The summed E-state index contributed by atoms with van der Waals surface area (Å²) in [6, 6.07) is 20.2. The highest BCUT2D eigenvalue weighted by Gasteiger charge is 2.38. The monoisotopic (exact) mass is 337 g/mol. The highest BCUT2D eigenvalue weighted by Crippen LogP contribution is 2.37. The zero-order valence-corrected chi connectivity index (χ0v) is 14.4. The lowest BCUT2D eigenvalue weighted by Gasteiger charge is -2.30. The molecule has 0 fully saturated rings. The zero-order valence-electron chi connectivity index (χ0n) is 13.6. The number of rotatable bonds is 3. The van der Waals surface area contributed by atoms with E-state index in [4.69, 9.17) is 5.10 Å². The van der Waals surface area contributed by atoms with Gasteiger partial charge in [-0.3, -0.25) is 10.4 Å². The van der Waals surface area contributed by atoms with E-state index in [0.717, 1.165) is 17.1 Å². The molecule has 2 aliphatic heterocycles. The number of anilines is 1. The standard InChI is InChI=1S/C18H19N5S/c1-18(2)13-19-17(24-18)23-21-16(14-9-5-3-6-10-14)20-22(23)15-11-7-4-8-12-15/h3-13,17H,1-2H3,(H,20,21). The first-order valence-corrected chi connectivity index (χ1v) is 8.77. The van der Waals surface area contributed by atoms with E-state index in [0.29, 0.717) is 0 Å². The highest BCUT2D eigenvalue weighted by atomic mass is 32.2. The molecule has 0 amide bonds. The van der Waals surface area contributed by atoms with Gasteiger partial charge in [0.1, 0.15) is 0 Å². The summed E-state index contributed by atoms with van der Waals surface area (Å²) in [5.74, 6) is 0.819. The van der Waals surface area contributed by atoms with Gasteiger partial charge in [-0.05, 0) is 26.0 Å². The van der Waals surface area contributed by atoms with E-state index >= 15 is 0 Å². The second-order valence-electron chi connectivity index (χ2n) is 6.22. The number of para-hydroxylation sites is 1. The van der Waals surface area contributed by atoms with Gasteiger partial charge in [0, 0.05) is 16.5 Å². The van der Waals surface area contributed by atoms with E-state index in [9.17, 15) is 0 Å². The molecule has 1 unspecified atom stereocenters. The van der Waals surface area contributed by atoms with Gasteiger partial charge in [0.15, 0.2) is 11.3 Å². The van der Waals surface area contributed by atoms with E-state index in [2.05, 4.69) is 24.3 Å². The van der Waals surface area contributed by atoms with Crippen LogP contribution in [0.5, 0.6) is 0 Å². The third-order valence-electron chi connectivity index (χ3n) is 3.78. The Morgan fingerprint density at radius 1 is 1.00 bits per heavy atom. The Morgan fingerprint density at radius 2 is 1.67 bits per heavy atom. The molecule has 0 radical (unpaired) electrons. The molecule has 2 aromatic rings. The van der Waals surface area contributed by atoms with E-state index < -0.39 is 0 Å². The van der Waals surface area contributed by atoms with Crippen LogP contribution in [0.4, 0.5) is 5.69 Å². The number of benzene rings is 2. The van der Waals surface area contributed by atoms with Crippen LogP contribution >= 0.6 is 11.8 Å². The third-order valence-corrected chi connectivity index (χ3v) is 5.03. The van der Waals surface area contributed by atoms with Crippen molar-refractivity contribution in [1.29, 1.82) is 0 Å². The minimum Gasteiger partial charge on any atom is -0.279 e. The van der Waals surface area contributed by atoms with Gasteiger partial charge in [0.05, 0.1) is 5.69 Å². The van der Waals surface area contributed by atoms with E-state index in [1.165, 1.54) is 0 Å². The Labute approximate surface area is 146 Å². The maximum atomic E-state index is 4.78. The Balaban J connectivity index is 1.68. The second-order valence-corrected chi connectivity index (χ2v) is 7.93. The molecule has 0 saturated carbocycles. The van der Waals surface area contributed by atoms with Crippen LogP contribution in [0, 0.1) is 0 Å². The number of amidine groups is 1. The summed E-state index contributed by atoms with van der Waals surface area (Å²) in [5, 5.41) is 8.65. The summed E-state index contributed by atoms with van der Waals surface area (Å²) in [6.07, 6.45) is 2.01. The van der Waals surface area contributed by atoms with Crippen LogP contribution < -0.4 is 10.5 Å². The van der Waals surface area contributed by atoms with Crippen molar-refractivity contribution in [3.8, 4) is 0 Å². The molecule has 0 saturated heterocycles. The van der Waals surface area contributed by atoms with Crippen LogP contribution in [-0.4, -0.2) is 27.4 Å². The van der Waals surface area contributed by atoms with Gasteiger partial charge in [-0.1, -0.05) is 53.6 Å². The average Bonchev–Trinajstić information content (AvgIpc) is 3.20. The van der Waals surface area contributed by atoms with Crippen molar-refractivity contribution in [3.63, 3.8) is 0 Å². The molecule has 24 heavy (non-hydrogen) atoms. The van der Waals surface area contributed by atoms with Gasteiger partial charge in [-0.15, -0.1) is 16.9 Å². The largest absolute Gasteiger partial charge is 0.279 e. The fourth-order valence-electron chi connectivity index (χ4n) is 2.62. The average molecular weight is 337 g/mol. The summed E-state index contributed by atoms with van der Waals surface area (Å²) in [7, 11) is 0. The quantitative estimate of drug-likeness (QED) is 0.931. The van der Waals surface area contributed by atoms with Crippen LogP contribution in [0.25, 0.3) is 0 Å². The van der Waals surface area contributed by atoms with Gasteiger partial charge in [0.25, 0.3) is 0 Å². The van der Waals surface area contributed by atoms with Crippen molar-refractivity contribution >= 4 is 29.5 Å². The van der Waals surface area contributed by atoms with Crippen molar-refractivity contribution in [2.75, 3.05) is 5.12 Å². The molecule has 122 valence electrons. The summed E-state index contributed by atoms with van der Waals surface area (Å²) in [5.41, 5.74) is 5.39. The maximum absolute atomic E-state index is 4.78. The molecule has 1 N–H and O–H groups in total. The molecule has 6 heteroatoms. The number of hydrazone groups is 1. The van der Waals surface area contributed by atoms with Gasteiger partial charge in [-0.25, -0.2) is 0 Å². The van der Waals surface area contributed by atoms with Gasteiger partial charge in [0.2, 0.25) is 0 Å². The van der Waals surface area contributed by atoms with Crippen molar-refractivity contribution in [2.45, 2.75) is 24.1 Å². The summed E-state index contributed by atoms with van der Waals surface area (Å²) < 4.78 is 0.0181. The number of thioether (sulfide) groups is 1. The van der Waals surface area contributed by atoms with Crippen LogP contribution in [0.3, 0.4) is 0 Å². The topological polar surface area (TPSA) is 43.2 Å². The molecule has 2 heterocycles. The number of hydrogen-bond donors (Lipinski definition) is 1. The van der Waals surface area contributed by atoms with Crippen molar-refractivity contribution in [1.82, 2.24) is 10.5 Å². The van der Waals surface area contributed by atoms with Crippen molar-refractivity contribution in [2.24, 2.45) is 10.1 Å². The lowest BCUT2D eigenvalue weighted by atomic mass is 10.2. The Kier molecular flexibility index (Phi) is 3.78. The molecule has 0 spiro atoms. The lowest BCUT2D eigenvalue weighted by Crippen LogP contribution is -2.48. The molecule has 2 aliphatic rings. The first-order chi connectivity index (χ1) is 11.6. The smallest absolute Gasteiger partial charge is 0.188 e. The molecule has 2 aromatic carbocycles. The Hall–Kier alpha value is -2.31. The van der Waals surface area contributed by atoms with Gasteiger partial charge in [-0.2, -0.15) is 5.12 Å². The van der Waals surface area contributed by atoms with Crippen LogP contribution in [0.1, 0.15) is 19.4 Å². The first kappa shape index (κ1) is 15.2. The Morgan fingerprint density at radius 3 is 2.29 bits per heavy atom. The van der Waals surface area contributed by atoms with Gasteiger partial charge >= 0.3 is 0 Å². The van der Waals surface area contributed by atoms with Gasteiger partial charge < -0.3 is 0 Å². The molecule has 0 bridgehead atoms. The molecule has 1 atom stereocenters. The van der Waals surface area contributed by atoms with Crippen LogP contribution in [-0.2, 0) is 0 Å². The first-order valence-electron chi connectivity index (χ1n) is 7.90. The van der Waals surface area contributed by atoms with E-state index in [-0.39, 0.29) is 10.2 Å². The number of hydrogen-bond acceptors (Lipinski definition) is 6. The predicted molar refractivity (Wildman–Crippen MR) is 101 cm³/mol. The van der Waals surface area contributed by atoms with Crippen molar-refractivity contribution in [3.05, 3.63) is 66.2 Å². The summed E-state index contributed by atoms with van der Waals surface area (Å²) >= 11 is 1.79. The minimum atomic E-state index is -0.0647. The third kappa shape index (κ3) is 2.90. The molecular weight excluding hydrogens is 318 g/mol. The fraction of sp³-hybridized carbons (Fsp3) is 0.222. The Bertz CT molecular complexity index is 773. The highest BCUT2D eigenvalue weighted by molar-refractivity contribution is 8.02. The molecule has 0 aliphatic carbocycles. The second kappa shape index (κ2) is 5.96. The molecule has 0 aromatic heterocycles. The van der Waals surface area contributed by atoms with E-state index in [1.54, 1.807) is 11.8 Å². The SMILES string of the molecule is CC1(C)C=NC(N2NC(c3ccccc3)=NN2c2ccccc2)S1. The van der Waals surface area contributed by atoms with Crippen LogP contribution in [0.2, 0.25) is 0 Å². The summed E-state index contributed by atoms with van der Waals surface area (Å²) in [6.45, 7) is 4.34. The van der Waals surface area contributed by atoms with E-state index in [1.807, 2.05) is 77.1 Å². The number of nitrogens with one attached hydrogen (secondary N) is 1. The molecule has 5 nitrogen and oxygen atoms in total. The van der Waals surface area contributed by atoms with Crippen LogP contribution in [0.15, 0.2) is 70.8 Å². The number of aliphatic imine (C=N–C) groups is 1. The fourth-order valence-corrected chi connectivity index (χ4v) is 3.65. The molecular formula is C18H19N5S. The molecule has 4 rings (SSSR count). The number of nitrogens with zero attached hydrogens (tertiary/aromatic N) is 4. The predicted octanol–water partition coefficient (Wildman–Crippen LogP) is 3.47. The number of hydrazine groups is 2.